The third-order valence-electron chi connectivity index (χ3n) is 3.19. The number of hydrogen-bond donors (Lipinski definition) is 1. The summed E-state index contributed by atoms with van der Waals surface area (Å²) in [5.41, 5.74) is 0.525. The predicted octanol–water partition coefficient (Wildman–Crippen LogP) is 2.28. The molecule has 2 rings (SSSR count). The van der Waals surface area contributed by atoms with Gasteiger partial charge in [0.25, 0.3) is 0 Å². The normalized spacial score (nSPS) is 12.7. The molecule has 0 fully saturated rings. The molecule has 0 amide bonds. The molecule has 0 unspecified atom stereocenters. The van der Waals surface area contributed by atoms with Crippen LogP contribution in [-0.2, 0) is 10.0 Å². The predicted molar refractivity (Wildman–Crippen MR) is 82.5 cm³/mol. The molecule has 1 heterocycles. The summed E-state index contributed by atoms with van der Waals surface area (Å²) < 4.78 is 51.3. The lowest BCUT2D eigenvalue weighted by atomic mass is 10.2. The highest BCUT2D eigenvalue weighted by Crippen LogP contribution is 2.32. The summed E-state index contributed by atoms with van der Waals surface area (Å²) in [6.07, 6.45) is 1.55. The third-order valence-corrected chi connectivity index (χ3v) is 4.75. The molecule has 0 spiro atoms. The average Bonchev–Trinajstić information content (AvgIpc) is 2.54. The van der Waals surface area contributed by atoms with E-state index >= 15 is 0 Å². The number of hydrogen-bond acceptors (Lipinski definition) is 5. The molecule has 124 valence electrons. The summed E-state index contributed by atoms with van der Waals surface area (Å²) in [4.78, 5) is 3.56. The summed E-state index contributed by atoms with van der Waals surface area (Å²) >= 11 is 0. The van der Waals surface area contributed by atoms with E-state index in [9.17, 15) is 12.8 Å². The zero-order valence-corrected chi connectivity index (χ0v) is 13.7. The lowest BCUT2D eigenvalue weighted by Crippen LogP contribution is -2.28. The molecule has 6 nitrogen and oxygen atoms in total. The zero-order valence-electron chi connectivity index (χ0n) is 12.9. The first-order valence-corrected chi connectivity index (χ1v) is 8.22. The van der Waals surface area contributed by atoms with Gasteiger partial charge in [-0.15, -0.1) is 0 Å². The van der Waals surface area contributed by atoms with Crippen LogP contribution in [-0.4, -0.2) is 27.6 Å². The number of sulfonamides is 1. The second kappa shape index (κ2) is 6.93. The van der Waals surface area contributed by atoms with Crippen LogP contribution in [0, 0.1) is 5.82 Å². The van der Waals surface area contributed by atoms with E-state index in [1.807, 2.05) is 0 Å². The van der Waals surface area contributed by atoms with Gasteiger partial charge in [-0.2, -0.15) is 0 Å². The molecule has 0 aliphatic carbocycles. The molecular weight excluding hydrogens is 323 g/mol. The Morgan fingerprint density at radius 3 is 2.39 bits per heavy atom. The summed E-state index contributed by atoms with van der Waals surface area (Å²) in [5.74, 6) is -0.690. The molecule has 2 aromatic rings. The quantitative estimate of drug-likeness (QED) is 0.873. The lowest BCUT2D eigenvalue weighted by Gasteiger charge is -2.15. The molecule has 1 aromatic carbocycles. The van der Waals surface area contributed by atoms with Crippen LogP contribution < -0.4 is 14.2 Å². The highest BCUT2D eigenvalue weighted by molar-refractivity contribution is 7.89. The zero-order chi connectivity index (χ0) is 17.0. The van der Waals surface area contributed by atoms with E-state index in [1.165, 1.54) is 14.2 Å². The van der Waals surface area contributed by atoms with Crippen LogP contribution in [0.15, 0.2) is 41.4 Å². The number of ether oxygens (including phenoxy) is 2. The third kappa shape index (κ3) is 3.77. The van der Waals surface area contributed by atoms with Crippen molar-refractivity contribution >= 4 is 10.0 Å². The van der Waals surface area contributed by atoms with Gasteiger partial charge in [-0.3, -0.25) is 4.98 Å². The lowest BCUT2D eigenvalue weighted by molar-refractivity contribution is 0.350. The Balaban J connectivity index is 2.36. The van der Waals surface area contributed by atoms with Gasteiger partial charge >= 0.3 is 0 Å². The van der Waals surface area contributed by atoms with Crippen molar-refractivity contribution in [2.24, 2.45) is 0 Å². The number of aromatic nitrogens is 1. The molecule has 0 radical (unpaired) electrons. The Morgan fingerprint density at radius 1 is 1.17 bits per heavy atom. The topological polar surface area (TPSA) is 77.5 Å². The number of halogens is 1. The number of nitrogens with zero attached hydrogens (tertiary/aromatic N) is 1. The first-order valence-electron chi connectivity index (χ1n) is 6.74. The average molecular weight is 340 g/mol. The van der Waals surface area contributed by atoms with Gasteiger partial charge in [0.1, 0.15) is 10.7 Å². The number of rotatable bonds is 6. The van der Waals surface area contributed by atoms with Crippen molar-refractivity contribution in [2.45, 2.75) is 17.9 Å². The Hall–Kier alpha value is -2.19. The number of benzene rings is 1. The second-order valence-electron chi connectivity index (χ2n) is 4.74. The molecule has 0 saturated heterocycles. The molecule has 0 aliphatic heterocycles. The number of methoxy groups -OCH3 is 2. The van der Waals surface area contributed by atoms with Crippen LogP contribution in [0.5, 0.6) is 11.5 Å². The highest BCUT2D eigenvalue weighted by Gasteiger charge is 2.25. The minimum Gasteiger partial charge on any atom is -0.493 e. The van der Waals surface area contributed by atoms with E-state index in [-0.39, 0.29) is 11.5 Å². The van der Waals surface area contributed by atoms with Gasteiger partial charge in [-0.25, -0.2) is 17.5 Å². The van der Waals surface area contributed by atoms with E-state index in [0.717, 1.165) is 12.1 Å². The largest absolute Gasteiger partial charge is 0.493 e. The minimum absolute atomic E-state index is 0.113. The van der Waals surface area contributed by atoms with Crippen LogP contribution in [0.25, 0.3) is 0 Å². The Kier molecular flexibility index (Phi) is 5.17. The van der Waals surface area contributed by atoms with Crippen LogP contribution in [0.1, 0.15) is 18.7 Å². The fourth-order valence-electron chi connectivity index (χ4n) is 2.03. The van der Waals surface area contributed by atoms with E-state index in [4.69, 9.17) is 9.47 Å². The molecule has 0 saturated carbocycles. The molecule has 23 heavy (non-hydrogen) atoms. The first-order chi connectivity index (χ1) is 10.9. The maximum atomic E-state index is 14.1. The Labute approximate surface area is 134 Å². The molecule has 1 N–H and O–H groups in total. The van der Waals surface area contributed by atoms with Gasteiger partial charge in [-0.05, 0) is 19.1 Å². The summed E-state index contributed by atoms with van der Waals surface area (Å²) in [6, 6.07) is 6.58. The first kappa shape index (κ1) is 17.2. The van der Waals surface area contributed by atoms with Crippen molar-refractivity contribution in [1.82, 2.24) is 9.71 Å². The maximum Gasteiger partial charge on any atom is 0.244 e. The van der Waals surface area contributed by atoms with E-state index in [1.54, 1.807) is 31.3 Å². The molecule has 1 atom stereocenters. The molecule has 1 aromatic heterocycles. The SMILES string of the molecule is COc1cc(F)c(S(=O)(=O)N[C@H](C)c2ccccn2)cc1OC. The molecule has 0 aliphatic rings. The standard InChI is InChI=1S/C15H17FN2O4S/c1-10(12-6-4-5-7-17-12)18-23(19,20)15-9-14(22-3)13(21-2)8-11(15)16/h4-10,18H,1-3H3/t10-/m1/s1. The van der Waals surface area contributed by atoms with Crippen LogP contribution in [0.3, 0.4) is 0 Å². The molecular formula is C15H17FN2O4S. The van der Waals surface area contributed by atoms with Gasteiger partial charge in [0.05, 0.1) is 26.0 Å². The second-order valence-corrected chi connectivity index (χ2v) is 6.42. The maximum absolute atomic E-state index is 14.1. The summed E-state index contributed by atoms with van der Waals surface area (Å²) in [5, 5.41) is 0. The van der Waals surface area contributed by atoms with Gasteiger partial charge in [0.2, 0.25) is 10.0 Å². The Morgan fingerprint density at radius 2 is 1.83 bits per heavy atom. The summed E-state index contributed by atoms with van der Waals surface area (Å²) in [6.45, 7) is 1.62. The van der Waals surface area contributed by atoms with Crippen LogP contribution in [0.2, 0.25) is 0 Å². The van der Waals surface area contributed by atoms with Gasteiger partial charge in [0.15, 0.2) is 11.5 Å². The van der Waals surface area contributed by atoms with Gasteiger partial charge < -0.3 is 9.47 Å². The van der Waals surface area contributed by atoms with Crippen molar-refractivity contribution < 1.29 is 22.3 Å². The van der Waals surface area contributed by atoms with Crippen molar-refractivity contribution in [3.05, 3.63) is 48.0 Å². The van der Waals surface area contributed by atoms with Crippen molar-refractivity contribution in [1.29, 1.82) is 0 Å². The van der Waals surface area contributed by atoms with E-state index < -0.39 is 26.8 Å². The van der Waals surface area contributed by atoms with E-state index in [0.29, 0.717) is 5.69 Å². The van der Waals surface area contributed by atoms with E-state index in [2.05, 4.69) is 9.71 Å². The van der Waals surface area contributed by atoms with Crippen LogP contribution in [0.4, 0.5) is 4.39 Å². The fraction of sp³-hybridized carbons (Fsp3) is 0.267. The number of pyridine rings is 1. The van der Waals surface area contributed by atoms with Crippen molar-refractivity contribution in [2.75, 3.05) is 14.2 Å². The Bertz CT molecular complexity index is 782. The minimum atomic E-state index is -4.10. The highest BCUT2D eigenvalue weighted by atomic mass is 32.2. The number of nitrogens with one attached hydrogen (secondary N) is 1. The van der Waals surface area contributed by atoms with Crippen molar-refractivity contribution in [3.63, 3.8) is 0 Å². The molecule has 0 bridgehead atoms. The van der Waals surface area contributed by atoms with Gasteiger partial charge in [0, 0.05) is 18.3 Å². The monoisotopic (exact) mass is 340 g/mol. The van der Waals surface area contributed by atoms with Gasteiger partial charge in [-0.1, -0.05) is 6.07 Å². The van der Waals surface area contributed by atoms with Crippen LogP contribution >= 0.6 is 0 Å². The van der Waals surface area contributed by atoms with Crippen molar-refractivity contribution in [3.8, 4) is 11.5 Å². The summed E-state index contributed by atoms with van der Waals surface area (Å²) in [7, 11) is -1.41. The molecule has 8 heteroatoms. The fourth-order valence-corrected chi connectivity index (χ4v) is 3.32. The smallest absolute Gasteiger partial charge is 0.244 e.